The molecular formula is C29H34FN3O4S. The van der Waals surface area contributed by atoms with E-state index in [1.165, 1.54) is 27.8 Å². The number of fused-ring (bicyclic) bond motifs is 5. The first-order chi connectivity index (χ1) is 18.0. The molecule has 1 aromatic heterocycles. The molecule has 5 rings (SSSR count). The number of benzene rings is 1. The minimum atomic E-state index is -3.83. The molecule has 202 valence electrons. The quantitative estimate of drug-likeness (QED) is 0.579. The molecule has 0 radical (unpaired) electrons. The number of rotatable bonds is 6. The van der Waals surface area contributed by atoms with Crippen LogP contribution in [-0.2, 0) is 26.0 Å². The summed E-state index contributed by atoms with van der Waals surface area (Å²) in [4.78, 5) is 29.4. The van der Waals surface area contributed by atoms with Crippen molar-refractivity contribution in [3.8, 4) is 0 Å². The Morgan fingerprint density at radius 1 is 1.21 bits per heavy atom. The number of carbonyl (C=O) groups excluding carboxylic acids is 2. The molecule has 0 saturated heterocycles. The van der Waals surface area contributed by atoms with Gasteiger partial charge in [0.2, 0.25) is 21.8 Å². The number of carbonyl (C=O) groups is 2. The van der Waals surface area contributed by atoms with E-state index < -0.39 is 21.7 Å². The Balaban J connectivity index is 1.30. The average molecular weight is 540 g/mol. The largest absolute Gasteiger partial charge is 0.315 e. The van der Waals surface area contributed by atoms with Gasteiger partial charge in [-0.05, 0) is 95.7 Å². The summed E-state index contributed by atoms with van der Waals surface area (Å²) in [5.74, 6) is -0.234. The van der Waals surface area contributed by atoms with E-state index in [9.17, 15) is 22.4 Å². The molecule has 3 unspecified atom stereocenters. The first kappa shape index (κ1) is 26.5. The lowest BCUT2D eigenvalue weighted by Gasteiger charge is -2.50. The predicted molar refractivity (Wildman–Crippen MR) is 144 cm³/mol. The van der Waals surface area contributed by atoms with Crippen LogP contribution < -0.4 is 9.62 Å². The molecule has 1 N–H and O–H groups in total. The van der Waals surface area contributed by atoms with Gasteiger partial charge in [0.15, 0.2) is 0 Å². The molecule has 38 heavy (non-hydrogen) atoms. The Kier molecular flexibility index (Phi) is 6.92. The number of nitrogens with zero attached hydrogens (tertiary/aromatic N) is 2. The number of halogens is 1. The highest BCUT2D eigenvalue weighted by molar-refractivity contribution is 7.90. The Morgan fingerprint density at radius 3 is 2.74 bits per heavy atom. The van der Waals surface area contributed by atoms with Gasteiger partial charge in [-0.15, -0.1) is 0 Å². The van der Waals surface area contributed by atoms with Crippen molar-refractivity contribution in [2.75, 3.05) is 17.7 Å². The molecule has 1 heterocycles. The average Bonchev–Trinajstić information content (AvgIpc) is 3.23. The summed E-state index contributed by atoms with van der Waals surface area (Å²) in [6.45, 7) is 3.46. The van der Waals surface area contributed by atoms with E-state index in [1.807, 2.05) is 10.8 Å². The van der Waals surface area contributed by atoms with Crippen LogP contribution in [0, 0.1) is 23.1 Å². The number of aryl methyl sites for hydroxylation is 1. The lowest BCUT2D eigenvalue weighted by atomic mass is 9.54. The number of allylic oxidation sites excluding steroid dienone is 2. The SMILES string of the molecule is CC(=O)NS(=O)(=O)CCC(=O)N(C)c1ccc2c(c1)CCC1C2CC[C@]2(C)C(c3cncc(F)c3)=CCC12. The molecule has 0 spiro atoms. The molecular weight excluding hydrogens is 505 g/mol. The van der Waals surface area contributed by atoms with E-state index in [0.29, 0.717) is 17.8 Å². The van der Waals surface area contributed by atoms with Crippen LogP contribution in [0.25, 0.3) is 5.57 Å². The maximum Gasteiger partial charge on any atom is 0.235 e. The maximum absolute atomic E-state index is 13.9. The van der Waals surface area contributed by atoms with Gasteiger partial charge in [0.1, 0.15) is 5.82 Å². The molecule has 1 aromatic carbocycles. The van der Waals surface area contributed by atoms with E-state index in [-0.39, 0.29) is 23.6 Å². The second kappa shape index (κ2) is 9.91. The molecule has 2 aromatic rings. The zero-order valence-electron chi connectivity index (χ0n) is 22.0. The van der Waals surface area contributed by atoms with Gasteiger partial charge in [0.05, 0.1) is 11.9 Å². The third-order valence-electron chi connectivity index (χ3n) is 8.95. The first-order valence-corrected chi connectivity index (χ1v) is 14.9. The van der Waals surface area contributed by atoms with E-state index in [4.69, 9.17) is 0 Å². The van der Waals surface area contributed by atoms with Crippen LogP contribution in [0.4, 0.5) is 10.1 Å². The number of anilines is 1. The summed E-state index contributed by atoms with van der Waals surface area (Å²) in [5, 5.41) is 0. The van der Waals surface area contributed by atoms with Crippen LogP contribution in [0.2, 0.25) is 0 Å². The third-order valence-corrected chi connectivity index (χ3v) is 10.3. The molecule has 2 amide bonds. The highest BCUT2D eigenvalue weighted by Crippen LogP contribution is 2.63. The second-order valence-electron chi connectivity index (χ2n) is 11.2. The van der Waals surface area contributed by atoms with Gasteiger partial charge < -0.3 is 4.90 Å². The molecule has 7 nitrogen and oxygen atoms in total. The van der Waals surface area contributed by atoms with Gasteiger partial charge >= 0.3 is 0 Å². The summed E-state index contributed by atoms with van der Waals surface area (Å²) in [6.07, 6.45) is 10.2. The van der Waals surface area contributed by atoms with Crippen molar-refractivity contribution in [3.05, 3.63) is 65.2 Å². The molecule has 9 heteroatoms. The van der Waals surface area contributed by atoms with Crippen molar-refractivity contribution in [2.24, 2.45) is 17.3 Å². The fourth-order valence-electron chi connectivity index (χ4n) is 7.15. The van der Waals surface area contributed by atoms with Crippen molar-refractivity contribution in [1.29, 1.82) is 0 Å². The minimum Gasteiger partial charge on any atom is -0.315 e. The highest BCUT2D eigenvalue weighted by Gasteiger charge is 2.52. The maximum atomic E-state index is 13.9. The highest BCUT2D eigenvalue weighted by atomic mass is 32.2. The Morgan fingerprint density at radius 2 is 2.00 bits per heavy atom. The van der Waals surface area contributed by atoms with Crippen molar-refractivity contribution in [3.63, 3.8) is 0 Å². The number of amides is 2. The van der Waals surface area contributed by atoms with Crippen LogP contribution in [0.3, 0.4) is 0 Å². The monoisotopic (exact) mass is 539 g/mol. The van der Waals surface area contributed by atoms with E-state index in [1.54, 1.807) is 19.3 Å². The zero-order valence-corrected chi connectivity index (χ0v) is 22.9. The van der Waals surface area contributed by atoms with Gasteiger partial charge in [0, 0.05) is 32.3 Å². The number of sulfonamides is 1. The van der Waals surface area contributed by atoms with E-state index in [2.05, 4.69) is 30.1 Å². The fraction of sp³-hybridized carbons (Fsp3) is 0.483. The van der Waals surface area contributed by atoms with Crippen molar-refractivity contribution in [1.82, 2.24) is 9.71 Å². The first-order valence-electron chi connectivity index (χ1n) is 13.2. The molecule has 1 fully saturated rings. The lowest BCUT2D eigenvalue weighted by molar-refractivity contribution is -0.118. The third kappa shape index (κ3) is 4.88. The van der Waals surface area contributed by atoms with Crippen LogP contribution in [0.1, 0.15) is 68.6 Å². The van der Waals surface area contributed by atoms with Gasteiger partial charge in [-0.25, -0.2) is 12.8 Å². The summed E-state index contributed by atoms with van der Waals surface area (Å²) in [7, 11) is -2.18. The topological polar surface area (TPSA) is 96.4 Å². The summed E-state index contributed by atoms with van der Waals surface area (Å²) in [5.41, 5.74) is 5.48. The van der Waals surface area contributed by atoms with Crippen LogP contribution in [-0.4, -0.2) is 38.0 Å². The molecule has 0 aliphatic heterocycles. The van der Waals surface area contributed by atoms with E-state index >= 15 is 0 Å². The van der Waals surface area contributed by atoms with Gasteiger partial charge in [-0.3, -0.25) is 19.3 Å². The number of hydrogen-bond acceptors (Lipinski definition) is 5. The molecule has 3 aliphatic carbocycles. The Bertz CT molecular complexity index is 1420. The molecule has 3 aliphatic rings. The minimum absolute atomic E-state index is 0.0122. The Labute approximate surface area is 223 Å². The van der Waals surface area contributed by atoms with Crippen molar-refractivity contribution < 1.29 is 22.4 Å². The molecule has 1 saturated carbocycles. The number of nitrogens with one attached hydrogen (secondary N) is 1. The summed E-state index contributed by atoms with van der Waals surface area (Å²) in [6, 6.07) is 7.76. The Hall–Kier alpha value is -3.07. The van der Waals surface area contributed by atoms with Crippen molar-refractivity contribution >= 4 is 33.1 Å². The van der Waals surface area contributed by atoms with Gasteiger partial charge in [-0.2, -0.15) is 0 Å². The smallest absolute Gasteiger partial charge is 0.235 e. The summed E-state index contributed by atoms with van der Waals surface area (Å²) < 4.78 is 39.7. The standard InChI is InChI=1S/C29H34FN3O4S/c1-18(34)32-38(36,37)13-11-28(35)33(3)22-5-7-23-19(15-22)4-6-25-24(23)10-12-29(2)26(8-9-27(25)29)20-14-21(30)17-31-16-20/h5,7-8,14-17,24-25,27H,4,6,9-13H2,1-3H3,(H,32,34)/t24?,25?,27?,29-/m1/s1. The number of aromatic nitrogens is 1. The van der Waals surface area contributed by atoms with E-state index in [0.717, 1.165) is 50.3 Å². The number of hydrogen-bond donors (Lipinski definition) is 1. The number of pyridine rings is 1. The summed E-state index contributed by atoms with van der Waals surface area (Å²) >= 11 is 0. The van der Waals surface area contributed by atoms with Gasteiger partial charge in [-0.1, -0.05) is 19.1 Å². The fourth-order valence-corrected chi connectivity index (χ4v) is 8.14. The second-order valence-corrected chi connectivity index (χ2v) is 13.0. The van der Waals surface area contributed by atoms with Crippen molar-refractivity contribution in [2.45, 2.75) is 58.3 Å². The van der Waals surface area contributed by atoms with Gasteiger partial charge in [0.25, 0.3) is 0 Å². The van der Waals surface area contributed by atoms with Crippen LogP contribution >= 0.6 is 0 Å². The zero-order chi connectivity index (χ0) is 27.2. The molecule has 4 atom stereocenters. The molecule has 0 bridgehead atoms. The van der Waals surface area contributed by atoms with Crippen LogP contribution in [0.5, 0.6) is 0 Å². The normalized spacial score (nSPS) is 26.0. The predicted octanol–water partition coefficient (Wildman–Crippen LogP) is 4.59. The van der Waals surface area contributed by atoms with Crippen LogP contribution in [0.15, 0.2) is 42.7 Å². The lowest BCUT2D eigenvalue weighted by Crippen LogP contribution is -2.41.